The Morgan fingerprint density at radius 3 is 2.55 bits per heavy atom. The van der Waals surface area contributed by atoms with Gasteiger partial charge in [0.05, 0.1) is 5.41 Å². The Hall–Kier alpha value is -2.15. The lowest BCUT2D eigenvalue weighted by molar-refractivity contribution is 0.162. The lowest BCUT2D eigenvalue weighted by Crippen LogP contribution is -2.55. The molecule has 0 aliphatic carbocycles. The van der Waals surface area contributed by atoms with Crippen molar-refractivity contribution in [1.29, 1.82) is 0 Å². The number of nitrogens with one attached hydrogen (secondary N) is 1. The van der Waals surface area contributed by atoms with Gasteiger partial charge in [0.1, 0.15) is 17.5 Å². The molecule has 1 aromatic heterocycles. The molecule has 3 rings (SSSR count). The van der Waals surface area contributed by atoms with Gasteiger partial charge in [-0.3, -0.25) is 0 Å². The van der Waals surface area contributed by atoms with Gasteiger partial charge < -0.3 is 9.84 Å². The van der Waals surface area contributed by atoms with Crippen LogP contribution in [-0.4, -0.2) is 23.2 Å². The number of nitrogens with zero attached hydrogens (tertiary/aromatic N) is 2. The third kappa shape index (κ3) is 2.64. The highest BCUT2D eigenvalue weighted by Crippen LogP contribution is 2.35. The number of halogens is 3. The van der Waals surface area contributed by atoms with Crippen molar-refractivity contribution in [3.8, 4) is 0 Å². The fraction of sp³-hybridized carbons (Fsp3) is 0.333. The molecule has 0 amide bonds. The number of aromatic nitrogens is 2. The predicted octanol–water partition coefficient (Wildman–Crippen LogP) is 2.55. The summed E-state index contributed by atoms with van der Waals surface area (Å²) in [5, 5.41) is 6.68. The SMILES string of the molecule is C=C(F)C1(Cc2nc(Cc3c(F)cccc3F)no2)CNC1. The first-order valence-electron chi connectivity index (χ1n) is 6.80. The van der Waals surface area contributed by atoms with E-state index in [1.807, 2.05) is 0 Å². The van der Waals surface area contributed by atoms with Crippen LogP contribution in [0.2, 0.25) is 0 Å². The zero-order valence-electron chi connectivity index (χ0n) is 11.7. The van der Waals surface area contributed by atoms with Crippen LogP contribution in [0.4, 0.5) is 13.2 Å². The summed E-state index contributed by atoms with van der Waals surface area (Å²) in [7, 11) is 0. The predicted molar refractivity (Wildman–Crippen MR) is 72.7 cm³/mol. The fourth-order valence-electron chi connectivity index (χ4n) is 2.42. The lowest BCUT2D eigenvalue weighted by Gasteiger charge is -2.40. The molecular formula is C15H14F3N3O. The Balaban J connectivity index is 1.76. The molecular weight excluding hydrogens is 295 g/mol. The van der Waals surface area contributed by atoms with Gasteiger partial charge in [-0.25, -0.2) is 13.2 Å². The summed E-state index contributed by atoms with van der Waals surface area (Å²) >= 11 is 0. The lowest BCUT2D eigenvalue weighted by atomic mass is 9.78. The molecule has 1 saturated heterocycles. The Labute approximate surface area is 125 Å². The van der Waals surface area contributed by atoms with Gasteiger partial charge in [-0.15, -0.1) is 0 Å². The van der Waals surface area contributed by atoms with E-state index in [9.17, 15) is 13.2 Å². The summed E-state index contributed by atoms with van der Waals surface area (Å²) < 4.78 is 45.8. The second kappa shape index (κ2) is 5.57. The van der Waals surface area contributed by atoms with Gasteiger partial charge in [-0.1, -0.05) is 17.8 Å². The van der Waals surface area contributed by atoms with Crippen molar-refractivity contribution in [2.24, 2.45) is 5.41 Å². The summed E-state index contributed by atoms with van der Waals surface area (Å²) in [6.07, 6.45) is 0.0892. The summed E-state index contributed by atoms with van der Waals surface area (Å²) in [5.41, 5.74) is -0.850. The molecule has 7 heteroatoms. The molecule has 2 aromatic rings. The summed E-state index contributed by atoms with van der Waals surface area (Å²) in [4.78, 5) is 4.09. The van der Waals surface area contributed by atoms with Crippen molar-refractivity contribution in [2.45, 2.75) is 12.8 Å². The fourth-order valence-corrected chi connectivity index (χ4v) is 2.42. The van der Waals surface area contributed by atoms with E-state index in [0.717, 1.165) is 0 Å². The maximum atomic E-state index is 13.6. The average Bonchev–Trinajstić information content (AvgIpc) is 2.85. The van der Waals surface area contributed by atoms with Crippen LogP contribution in [-0.2, 0) is 12.8 Å². The first-order chi connectivity index (χ1) is 10.5. The molecule has 0 unspecified atom stereocenters. The van der Waals surface area contributed by atoms with Gasteiger partial charge in [-0.05, 0) is 12.1 Å². The van der Waals surface area contributed by atoms with E-state index < -0.39 is 22.9 Å². The van der Waals surface area contributed by atoms with Crippen LogP contribution in [0.5, 0.6) is 0 Å². The number of hydrogen-bond acceptors (Lipinski definition) is 4. The quantitative estimate of drug-likeness (QED) is 0.922. The molecule has 1 aromatic carbocycles. The highest BCUT2D eigenvalue weighted by Gasteiger charge is 2.42. The van der Waals surface area contributed by atoms with E-state index in [0.29, 0.717) is 13.1 Å². The maximum absolute atomic E-state index is 13.6. The molecule has 0 atom stereocenters. The van der Waals surface area contributed by atoms with E-state index >= 15 is 0 Å². The van der Waals surface area contributed by atoms with E-state index in [1.165, 1.54) is 18.2 Å². The third-order valence-electron chi connectivity index (χ3n) is 3.90. The molecule has 22 heavy (non-hydrogen) atoms. The maximum Gasteiger partial charge on any atom is 0.227 e. The second-order valence-electron chi connectivity index (χ2n) is 5.45. The van der Waals surface area contributed by atoms with Crippen molar-refractivity contribution >= 4 is 0 Å². The summed E-state index contributed by atoms with van der Waals surface area (Å²) in [6, 6.07) is 3.62. The minimum Gasteiger partial charge on any atom is -0.339 e. The van der Waals surface area contributed by atoms with Gasteiger partial charge in [0, 0.05) is 31.5 Å². The van der Waals surface area contributed by atoms with Crippen LogP contribution in [0.1, 0.15) is 17.3 Å². The normalized spacial score (nSPS) is 16.3. The van der Waals surface area contributed by atoms with Crippen LogP contribution >= 0.6 is 0 Å². The van der Waals surface area contributed by atoms with Gasteiger partial charge in [0.15, 0.2) is 5.82 Å². The van der Waals surface area contributed by atoms with Gasteiger partial charge in [-0.2, -0.15) is 4.98 Å². The van der Waals surface area contributed by atoms with Crippen LogP contribution < -0.4 is 5.32 Å². The Bertz CT molecular complexity index is 690. The topological polar surface area (TPSA) is 51.0 Å². The highest BCUT2D eigenvalue weighted by atomic mass is 19.1. The van der Waals surface area contributed by atoms with Crippen LogP contribution in [0.3, 0.4) is 0 Å². The zero-order chi connectivity index (χ0) is 15.7. The smallest absolute Gasteiger partial charge is 0.227 e. The largest absolute Gasteiger partial charge is 0.339 e. The third-order valence-corrected chi connectivity index (χ3v) is 3.90. The number of benzene rings is 1. The molecule has 1 aliphatic heterocycles. The molecule has 116 valence electrons. The van der Waals surface area contributed by atoms with Crippen LogP contribution in [0.25, 0.3) is 0 Å². The molecule has 1 N–H and O–H groups in total. The van der Waals surface area contributed by atoms with Gasteiger partial charge in [0.25, 0.3) is 0 Å². The van der Waals surface area contributed by atoms with E-state index in [2.05, 4.69) is 22.0 Å². The Morgan fingerprint density at radius 2 is 2.00 bits per heavy atom. The first kappa shape index (κ1) is 14.8. The molecule has 0 bridgehead atoms. The molecule has 2 heterocycles. The first-order valence-corrected chi connectivity index (χ1v) is 6.80. The second-order valence-corrected chi connectivity index (χ2v) is 5.45. The minimum absolute atomic E-state index is 0.121. The van der Waals surface area contributed by atoms with Crippen molar-refractivity contribution < 1.29 is 17.7 Å². The highest BCUT2D eigenvalue weighted by molar-refractivity contribution is 5.23. The van der Waals surface area contributed by atoms with Crippen LogP contribution in [0.15, 0.2) is 35.1 Å². The summed E-state index contributed by atoms with van der Waals surface area (Å²) in [6.45, 7) is 4.24. The van der Waals surface area contributed by atoms with Crippen LogP contribution in [0, 0.1) is 17.0 Å². The minimum atomic E-state index is -0.729. The van der Waals surface area contributed by atoms with Crippen molar-refractivity contribution in [3.63, 3.8) is 0 Å². The molecule has 1 fully saturated rings. The van der Waals surface area contributed by atoms with Crippen molar-refractivity contribution in [3.05, 3.63) is 59.5 Å². The number of rotatable bonds is 5. The molecule has 0 saturated carbocycles. The molecule has 1 aliphatic rings. The summed E-state index contributed by atoms with van der Waals surface area (Å²) in [5.74, 6) is -1.38. The zero-order valence-corrected chi connectivity index (χ0v) is 11.7. The monoisotopic (exact) mass is 309 g/mol. The van der Waals surface area contributed by atoms with Crippen molar-refractivity contribution in [1.82, 2.24) is 15.5 Å². The average molecular weight is 309 g/mol. The van der Waals surface area contributed by atoms with Crippen molar-refractivity contribution in [2.75, 3.05) is 13.1 Å². The molecule has 0 spiro atoms. The van der Waals surface area contributed by atoms with E-state index in [1.54, 1.807) is 0 Å². The Morgan fingerprint density at radius 1 is 1.32 bits per heavy atom. The van der Waals surface area contributed by atoms with E-state index in [4.69, 9.17) is 4.52 Å². The standard InChI is InChI=1S/C15H14F3N3O/c1-9(16)15(7-19-8-15)6-14-20-13(21-22-14)5-10-11(17)3-2-4-12(10)18/h2-4,19H,1,5-8H2. The van der Waals surface area contributed by atoms with Gasteiger partial charge >= 0.3 is 0 Å². The molecule has 4 nitrogen and oxygen atoms in total. The van der Waals surface area contributed by atoms with Gasteiger partial charge in [0.2, 0.25) is 5.89 Å². The van der Waals surface area contributed by atoms with E-state index in [-0.39, 0.29) is 30.1 Å². The number of hydrogen-bond donors (Lipinski definition) is 1. The Kier molecular flexibility index (Phi) is 3.74. The molecule has 0 radical (unpaired) electrons.